The molecule has 0 aliphatic heterocycles. The van der Waals surface area contributed by atoms with Gasteiger partial charge in [0.15, 0.2) is 0 Å². The van der Waals surface area contributed by atoms with E-state index in [9.17, 15) is 8.42 Å². The Morgan fingerprint density at radius 1 is 0.971 bits per heavy atom. The smallest absolute Gasteiger partial charge is 0.265 e. The van der Waals surface area contributed by atoms with E-state index in [-0.39, 0.29) is 28.7 Å². The summed E-state index contributed by atoms with van der Waals surface area (Å²) in [5.74, 6) is 0.0712. The fourth-order valence-corrected chi connectivity index (χ4v) is 4.65. The fourth-order valence-electron chi connectivity index (χ4n) is 3.47. The quantitative estimate of drug-likeness (QED) is 0.392. The number of hydrogen-bond acceptors (Lipinski definition) is 8. The van der Waals surface area contributed by atoms with E-state index in [1.807, 2.05) is 30.3 Å². The third kappa shape index (κ3) is 5.60. The van der Waals surface area contributed by atoms with E-state index in [0.29, 0.717) is 17.0 Å². The maximum atomic E-state index is 13.4. The molecule has 0 saturated heterocycles. The Labute approximate surface area is 203 Å². The molecule has 182 valence electrons. The Kier molecular flexibility index (Phi) is 8.07. The summed E-state index contributed by atoms with van der Waals surface area (Å²) in [6.45, 7) is 2.00. The number of aromatic nitrogens is 4. The largest absolute Gasteiger partial charge is 0.478 e. The molecule has 3 aromatic heterocycles. The lowest BCUT2D eigenvalue weighted by atomic mass is 9.98. The molecule has 11 heteroatoms. The maximum Gasteiger partial charge on any atom is 0.265 e. The van der Waals surface area contributed by atoms with Crippen molar-refractivity contribution in [1.29, 1.82) is 0 Å². The summed E-state index contributed by atoms with van der Waals surface area (Å²) in [5.41, 5.74) is 4.18. The summed E-state index contributed by atoms with van der Waals surface area (Å²) in [7, 11) is -1.09. The number of hydrogen-bond donors (Lipinski definition) is 1. The minimum atomic E-state index is -4.08. The van der Waals surface area contributed by atoms with Crippen molar-refractivity contribution in [2.45, 2.75) is 18.4 Å². The SMILES string of the molecule is COCc1cc(-c2cccnc2)ccc1-c1ncccc1S(=O)(=O)Nc1ncc(C)nc1OC.O. The summed E-state index contributed by atoms with van der Waals surface area (Å²) >= 11 is 0. The van der Waals surface area contributed by atoms with Gasteiger partial charge in [-0.15, -0.1) is 0 Å². The van der Waals surface area contributed by atoms with Crippen LogP contribution in [0.3, 0.4) is 0 Å². The van der Waals surface area contributed by atoms with E-state index in [1.165, 1.54) is 19.4 Å². The van der Waals surface area contributed by atoms with Crippen LogP contribution in [-0.2, 0) is 21.4 Å². The van der Waals surface area contributed by atoms with Gasteiger partial charge in [-0.1, -0.05) is 18.2 Å². The van der Waals surface area contributed by atoms with E-state index >= 15 is 0 Å². The molecule has 0 aliphatic rings. The number of nitrogens with one attached hydrogen (secondary N) is 1. The van der Waals surface area contributed by atoms with Crippen LogP contribution in [0.1, 0.15) is 11.3 Å². The Morgan fingerprint density at radius 3 is 2.49 bits per heavy atom. The molecule has 0 atom stereocenters. The molecule has 3 heterocycles. The van der Waals surface area contributed by atoms with Gasteiger partial charge in [0.25, 0.3) is 15.9 Å². The topological polar surface area (TPSA) is 148 Å². The normalized spacial score (nSPS) is 10.9. The van der Waals surface area contributed by atoms with Gasteiger partial charge in [0, 0.05) is 31.3 Å². The third-order valence-corrected chi connectivity index (χ3v) is 6.37. The van der Waals surface area contributed by atoms with E-state index in [0.717, 1.165) is 16.7 Å². The van der Waals surface area contributed by atoms with Crippen molar-refractivity contribution >= 4 is 15.8 Å². The average molecular weight is 496 g/mol. The van der Waals surface area contributed by atoms with Gasteiger partial charge in [-0.2, -0.15) is 0 Å². The van der Waals surface area contributed by atoms with Crippen molar-refractivity contribution in [1.82, 2.24) is 19.9 Å². The second-order valence-corrected chi connectivity index (χ2v) is 9.02. The Morgan fingerprint density at radius 2 is 1.77 bits per heavy atom. The number of ether oxygens (including phenoxy) is 2. The van der Waals surface area contributed by atoms with Crippen molar-refractivity contribution in [3.8, 4) is 28.3 Å². The van der Waals surface area contributed by atoms with Crippen LogP contribution in [0.4, 0.5) is 5.82 Å². The molecule has 0 unspecified atom stereocenters. The Balaban J connectivity index is 0.00000342. The van der Waals surface area contributed by atoms with Gasteiger partial charge in [0.1, 0.15) is 4.90 Å². The van der Waals surface area contributed by atoms with Crippen LogP contribution in [-0.4, -0.2) is 48.0 Å². The number of methoxy groups -OCH3 is 2. The predicted molar refractivity (Wildman–Crippen MR) is 131 cm³/mol. The average Bonchev–Trinajstić information content (AvgIpc) is 2.86. The zero-order valence-corrected chi connectivity index (χ0v) is 20.2. The van der Waals surface area contributed by atoms with Crippen molar-refractivity contribution in [3.05, 3.63) is 78.5 Å². The summed E-state index contributed by atoms with van der Waals surface area (Å²) in [6, 6.07) is 12.6. The van der Waals surface area contributed by atoms with Crippen LogP contribution < -0.4 is 9.46 Å². The van der Waals surface area contributed by atoms with E-state index in [4.69, 9.17) is 9.47 Å². The molecule has 0 amide bonds. The van der Waals surface area contributed by atoms with Crippen molar-refractivity contribution in [2.75, 3.05) is 18.9 Å². The van der Waals surface area contributed by atoms with Crippen molar-refractivity contribution < 1.29 is 23.4 Å². The van der Waals surface area contributed by atoms with Gasteiger partial charge < -0.3 is 14.9 Å². The van der Waals surface area contributed by atoms with Gasteiger partial charge in [-0.25, -0.2) is 18.4 Å². The van der Waals surface area contributed by atoms with Crippen molar-refractivity contribution in [3.63, 3.8) is 0 Å². The van der Waals surface area contributed by atoms with Crippen LogP contribution >= 0.6 is 0 Å². The van der Waals surface area contributed by atoms with Gasteiger partial charge in [-0.3, -0.25) is 14.7 Å². The molecular weight excluding hydrogens is 470 g/mol. The van der Waals surface area contributed by atoms with Gasteiger partial charge in [0.2, 0.25) is 5.82 Å². The minimum Gasteiger partial charge on any atom is -0.478 e. The zero-order valence-electron chi connectivity index (χ0n) is 19.4. The van der Waals surface area contributed by atoms with Gasteiger partial charge >= 0.3 is 0 Å². The number of benzene rings is 1. The van der Waals surface area contributed by atoms with Crippen molar-refractivity contribution in [2.24, 2.45) is 0 Å². The van der Waals surface area contributed by atoms with Gasteiger partial charge in [-0.05, 0) is 47.9 Å². The van der Waals surface area contributed by atoms with Gasteiger partial charge in [0.05, 0.1) is 31.3 Å². The third-order valence-electron chi connectivity index (χ3n) is 5.00. The molecule has 10 nitrogen and oxygen atoms in total. The second-order valence-electron chi connectivity index (χ2n) is 7.37. The van der Waals surface area contributed by atoms with E-state index in [1.54, 1.807) is 38.7 Å². The molecule has 0 radical (unpaired) electrons. The first kappa shape index (κ1) is 25.7. The first-order valence-corrected chi connectivity index (χ1v) is 11.8. The molecule has 0 spiro atoms. The first-order valence-electron chi connectivity index (χ1n) is 10.3. The molecule has 0 saturated carbocycles. The maximum absolute atomic E-state index is 13.4. The summed E-state index contributed by atoms with van der Waals surface area (Å²) in [6.07, 6.45) is 6.48. The van der Waals surface area contributed by atoms with E-state index in [2.05, 4.69) is 24.7 Å². The van der Waals surface area contributed by atoms with Crippen LogP contribution in [0.25, 0.3) is 22.4 Å². The highest BCUT2D eigenvalue weighted by Gasteiger charge is 2.24. The van der Waals surface area contributed by atoms with Crippen LogP contribution in [0.5, 0.6) is 5.88 Å². The fraction of sp³-hybridized carbons (Fsp3) is 0.167. The Bertz CT molecular complexity index is 1420. The first-order chi connectivity index (χ1) is 16.4. The summed E-state index contributed by atoms with van der Waals surface area (Å²) in [4.78, 5) is 16.9. The number of aryl methyl sites for hydroxylation is 1. The number of rotatable bonds is 8. The molecule has 0 bridgehead atoms. The highest BCUT2D eigenvalue weighted by atomic mass is 32.2. The monoisotopic (exact) mass is 495 g/mol. The van der Waals surface area contributed by atoms with Crippen LogP contribution in [0.2, 0.25) is 0 Å². The second kappa shape index (κ2) is 11.0. The molecule has 3 N–H and O–H groups in total. The molecule has 35 heavy (non-hydrogen) atoms. The zero-order chi connectivity index (χ0) is 24.1. The molecule has 4 aromatic rings. The standard InChI is InChI=1S/C24H23N5O4S.H2O/c1-16-13-27-23(24(28-16)33-3)29-34(30,31)21-7-5-11-26-22(21)20-9-8-17(12-19(20)15-32-2)18-6-4-10-25-14-18;/h4-14H,15H2,1-3H3,(H,27,29);1H2. The molecule has 4 rings (SSSR count). The number of anilines is 1. The lowest BCUT2D eigenvalue weighted by molar-refractivity contribution is 0.185. The molecule has 0 aliphatic carbocycles. The predicted octanol–water partition coefficient (Wildman–Crippen LogP) is 3.04. The number of sulfonamides is 1. The van der Waals surface area contributed by atoms with Crippen LogP contribution in [0.15, 0.2) is 72.1 Å². The molecular formula is C24H25N5O5S. The molecule has 0 fully saturated rings. The highest BCUT2D eigenvalue weighted by Crippen LogP contribution is 2.33. The highest BCUT2D eigenvalue weighted by molar-refractivity contribution is 7.92. The Hall–Kier alpha value is -3.93. The lowest BCUT2D eigenvalue weighted by Gasteiger charge is -2.16. The summed E-state index contributed by atoms with van der Waals surface area (Å²) < 4.78 is 39.9. The minimum absolute atomic E-state index is 0. The number of nitrogens with zero attached hydrogens (tertiary/aromatic N) is 4. The van der Waals surface area contributed by atoms with Crippen LogP contribution in [0, 0.1) is 6.92 Å². The molecule has 1 aromatic carbocycles. The lowest BCUT2D eigenvalue weighted by Crippen LogP contribution is -2.17. The van der Waals surface area contributed by atoms with E-state index < -0.39 is 10.0 Å². The number of pyridine rings is 2. The summed E-state index contributed by atoms with van der Waals surface area (Å²) in [5, 5.41) is 0.